The maximum atomic E-state index is 12.4. The summed E-state index contributed by atoms with van der Waals surface area (Å²) in [6.45, 7) is 0.904. The van der Waals surface area contributed by atoms with Crippen LogP contribution in [0, 0.1) is 0 Å². The number of hydrogen-bond acceptors (Lipinski definition) is 6. The molecule has 0 aliphatic carbocycles. The smallest absolute Gasteiger partial charge is 0.254 e. The molecule has 0 bridgehead atoms. The summed E-state index contributed by atoms with van der Waals surface area (Å²) >= 11 is 0. The lowest BCUT2D eigenvalue weighted by Gasteiger charge is -2.28. The number of rotatable bonds is 7. The van der Waals surface area contributed by atoms with E-state index in [4.69, 9.17) is 18.6 Å². The van der Waals surface area contributed by atoms with Gasteiger partial charge in [-0.25, -0.2) is 0 Å². The fourth-order valence-corrected chi connectivity index (χ4v) is 3.21. The van der Waals surface area contributed by atoms with Crippen LogP contribution >= 0.6 is 0 Å². The summed E-state index contributed by atoms with van der Waals surface area (Å²) in [6, 6.07) is 5.16. The van der Waals surface area contributed by atoms with E-state index in [1.807, 2.05) is 18.2 Å². The van der Waals surface area contributed by atoms with Crippen molar-refractivity contribution in [2.24, 2.45) is 0 Å². The predicted molar refractivity (Wildman–Crippen MR) is 106 cm³/mol. The van der Waals surface area contributed by atoms with Gasteiger partial charge in [0.2, 0.25) is 5.91 Å². The number of nitrogens with zero attached hydrogens (tertiary/aromatic N) is 1. The number of amides is 2. The molecular weight excluding hydrogens is 376 g/mol. The first kappa shape index (κ1) is 20.3. The van der Waals surface area contributed by atoms with Crippen molar-refractivity contribution < 1.29 is 28.2 Å². The van der Waals surface area contributed by atoms with Crippen LogP contribution in [0.5, 0.6) is 17.2 Å². The summed E-state index contributed by atoms with van der Waals surface area (Å²) in [6.07, 6.45) is 5.37. The van der Waals surface area contributed by atoms with Crippen LogP contribution in [-0.2, 0) is 4.79 Å². The van der Waals surface area contributed by atoms with E-state index in [-0.39, 0.29) is 18.4 Å². The number of carbonyl (C=O) groups is 2. The Hall–Kier alpha value is -3.42. The Bertz CT molecular complexity index is 879. The lowest BCUT2D eigenvalue weighted by molar-refractivity contribution is -0.129. The Labute approximate surface area is 169 Å². The highest BCUT2D eigenvalue weighted by molar-refractivity contribution is 5.96. The van der Waals surface area contributed by atoms with E-state index in [1.54, 1.807) is 32.3 Å². The average molecular weight is 400 g/mol. The van der Waals surface area contributed by atoms with E-state index in [0.717, 1.165) is 11.1 Å². The molecule has 2 aromatic rings. The number of benzene rings is 1. The van der Waals surface area contributed by atoms with Gasteiger partial charge in [0, 0.05) is 25.2 Å². The SMILES string of the molecule is COc1cc(OC)c(C2=CCN(C(=O)CNC(=O)c3ccoc3)CC2)c(OC)c1. The van der Waals surface area contributed by atoms with E-state index in [0.29, 0.717) is 42.3 Å². The largest absolute Gasteiger partial charge is 0.496 e. The molecule has 29 heavy (non-hydrogen) atoms. The van der Waals surface area contributed by atoms with E-state index in [9.17, 15) is 9.59 Å². The Morgan fingerprint density at radius 1 is 1.14 bits per heavy atom. The minimum Gasteiger partial charge on any atom is -0.496 e. The summed E-state index contributed by atoms with van der Waals surface area (Å²) in [5.41, 5.74) is 2.28. The standard InChI is InChI=1S/C21H24N2O6/c1-26-16-10-17(27-2)20(18(11-16)28-3)14-4-7-23(8-5-14)19(24)12-22-21(25)15-6-9-29-13-15/h4,6,9-11,13H,5,7-8,12H2,1-3H3,(H,22,25). The molecule has 0 spiro atoms. The first-order chi connectivity index (χ1) is 14.1. The molecule has 3 rings (SSSR count). The van der Waals surface area contributed by atoms with Crippen molar-refractivity contribution in [3.8, 4) is 17.2 Å². The number of nitrogens with one attached hydrogen (secondary N) is 1. The fraction of sp³-hybridized carbons (Fsp3) is 0.333. The third-order valence-electron chi connectivity index (χ3n) is 4.78. The van der Waals surface area contributed by atoms with Crippen LogP contribution in [-0.4, -0.2) is 57.7 Å². The predicted octanol–water partition coefficient (Wildman–Crippen LogP) is 2.35. The van der Waals surface area contributed by atoms with E-state index in [2.05, 4.69) is 5.32 Å². The number of methoxy groups -OCH3 is 3. The maximum absolute atomic E-state index is 12.4. The third kappa shape index (κ3) is 4.53. The van der Waals surface area contributed by atoms with Crippen LogP contribution in [0.4, 0.5) is 0 Å². The topological polar surface area (TPSA) is 90.2 Å². The van der Waals surface area contributed by atoms with Crippen LogP contribution in [0.1, 0.15) is 22.3 Å². The van der Waals surface area contributed by atoms with Gasteiger partial charge in [0.25, 0.3) is 5.91 Å². The van der Waals surface area contributed by atoms with Crippen molar-refractivity contribution in [3.05, 3.63) is 47.9 Å². The lowest BCUT2D eigenvalue weighted by Crippen LogP contribution is -2.42. The molecule has 0 unspecified atom stereocenters. The second-order valence-electron chi connectivity index (χ2n) is 6.42. The summed E-state index contributed by atoms with van der Waals surface area (Å²) < 4.78 is 21.2. The molecule has 1 aliphatic rings. The molecule has 0 fully saturated rings. The van der Waals surface area contributed by atoms with Gasteiger partial charge >= 0.3 is 0 Å². The zero-order valence-electron chi connectivity index (χ0n) is 16.7. The van der Waals surface area contributed by atoms with Crippen molar-refractivity contribution in [2.45, 2.75) is 6.42 Å². The molecule has 0 saturated carbocycles. The third-order valence-corrected chi connectivity index (χ3v) is 4.78. The summed E-state index contributed by atoms with van der Waals surface area (Å²) in [5.74, 6) is 1.46. The quantitative estimate of drug-likeness (QED) is 0.767. The lowest BCUT2D eigenvalue weighted by atomic mass is 9.97. The van der Waals surface area contributed by atoms with Crippen molar-refractivity contribution in [2.75, 3.05) is 41.0 Å². The van der Waals surface area contributed by atoms with Gasteiger partial charge in [-0.05, 0) is 18.1 Å². The second kappa shape index (κ2) is 9.18. The van der Waals surface area contributed by atoms with E-state index < -0.39 is 0 Å². The number of ether oxygens (including phenoxy) is 3. The highest BCUT2D eigenvalue weighted by Gasteiger charge is 2.23. The average Bonchev–Trinajstić information content (AvgIpc) is 3.31. The van der Waals surface area contributed by atoms with Crippen molar-refractivity contribution in [1.82, 2.24) is 10.2 Å². The summed E-state index contributed by atoms with van der Waals surface area (Å²) in [5, 5.41) is 2.61. The highest BCUT2D eigenvalue weighted by Crippen LogP contribution is 2.40. The molecule has 2 heterocycles. The number of hydrogen-bond donors (Lipinski definition) is 1. The van der Waals surface area contributed by atoms with Crippen LogP contribution in [0.3, 0.4) is 0 Å². The van der Waals surface area contributed by atoms with Gasteiger partial charge in [-0.15, -0.1) is 0 Å². The fourth-order valence-electron chi connectivity index (χ4n) is 3.21. The second-order valence-corrected chi connectivity index (χ2v) is 6.42. The van der Waals surface area contributed by atoms with Gasteiger partial charge in [-0.1, -0.05) is 6.08 Å². The van der Waals surface area contributed by atoms with Crippen LogP contribution < -0.4 is 19.5 Å². The molecular formula is C21H24N2O6. The van der Waals surface area contributed by atoms with Crippen molar-refractivity contribution >= 4 is 17.4 Å². The summed E-state index contributed by atoms with van der Waals surface area (Å²) in [4.78, 5) is 26.1. The van der Waals surface area contributed by atoms with Gasteiger partial charge < -0.3 is 28.8 Å². The molecule has 2 amide bonds. The van der Waals surface area contributed by atoms with Crippen LogP contribution in [0.15, 0.2) is 41.2 Å². The van der Waals surface area contributed by atoms with Gasteiger partial charge in [0.1, 0.15) is 23.5 Å². The molecule has 8 nitrogen and oxygen atoms in total. The summed E-state index contributed by atoms with van der Waals surface area (Å²) in [7, 11) is 4.78. The monoisotopic (exact) mass is 400 g/mol. The van der Waals surface area contributed by atoms with Gasteiger partial charge in [-0.2, -0.15) is 0 Å². The Kier molecular flexibility index (Phi) is 6.43. The molecule has 0 radical (unpaired) electrons. The normalized spacial score (nSPS) is 13.5. The Balaban J connectivity index is 1.67. The molecule has 1 N–H and O–H groups in total. The number of furan rings is 1. The zero-order valence-corrected chi connectivity index (χ0v) is 16.7. The number of carbonyl (C=O) groups excluding carboxylic acids is 2. The van der Waals surface area contributed by atoms with Gasteiger partial charge in [0.15, 0.2) is 0 Å². The minimum atomic E-state index is -0.340. The molecule has 154 valence electrons. The first-order valence-electron chi connectivity index (χ1n) is 9.15. The van der Waals surface area contributed by atoms with Crippen molar-refractivity contribution in [1.29, 1.82) is 0 Å². The molecule has 1 aromatic heterocycles. The van der Waals surface area contributed by atoms with Crippen molar-refractivity contribution in [3.63, 3.8) is 0 Å². The van der Waals surface area contributed by atoms with Gasteiger partial charge in [-0.3, -0.25) is 9.59 Å². The van der Waals surface area contributed by atoms with Crippen LogP contribution in [0.25, 0.3) is 5.57 Å². The molecule has 0 atom stereocenters. The maximum Gasteiger partial charge on any atom is 0.254 e. The molecule has 1 aliphatic heterocycles. The van der Waals surface area contributed by atoms with E-state index in [1.165, 1.54) is 12.5 Å². The highest BCUT2D eigenvalue weighted by atomic mass is 16.5. The molecule has 8 heteroatoms. The first-order valence-corrected chi connectivity index (χ1v) is 9.15. The zero-order chi connectivity index (χ0) is 20.8. The molecule has 1 aromatic carbocycles. The minimum absolute atomic E-state index is 0.0671. The van der Waals surface area contributed by atoms with Gasteiger partial charge in [0.05, 0.1) is 45.3 Å². The Morgan fingerprint density at radius 3 is 2.38 bits per heavy atom. The Morgan fingerprint density at radius 2 is 1.86 bits per heavy atom. The van der Waals surface area contributed by atoms with E-state index >= 15 is 0 Å². The van der Waals surface area contributed by atoms with Crippen LogP contribution in [0.2, 0.25) is 0 Å². The molecule has 0 saturated heterocycles.